The van der Waals surface area contributed by atoms with Crippen molar-refractivity contribution in [3.05, 3.63) is 0 Å². The minimum atomic E-state index is -0.657. The van der Waals surface area contributed by atoms with E-state index in [1.165, 1.54) is 6.92 Å². The molecule has 0 aromatic rings. The van der Waals surface area contributed by atoms with Gasteiger partial charge in [0.2, 0.25) is 0 Å². The van der Waals surface area contributed by atoms with Gasteiger partial charge in [-0.1, -0.05) is 23.2 Å². The van der Waals surface area contributed by atoms with Crippen molar-refractivity contribution in [2.24, 2.45) is 0 Å². The van der Waals surface area contributed by atoms with Crippen LogP contribution in [-0.2, 0) is 9.53 Å². The van der Waals surface area contributed by atoms with Crippen molar-refractivity contribution in [1.29, 1.82) is 0 Å². The number of ether oxygens (including phenoxy) is 1. The fourth-order valence-electron chi connectivity index (χ4n) is 0.272. The van der Waals surface area contributed by atoms with Crippen molar-refractivity contribution >= 4 is 29.2 Å². The van der Waals surface area contributed by atoms with E-state index in [9.17, 15) is 4.79 Å². The Balaban J connectivity index is -0.000000143. The van der Waals surface area contributed by atoms with Gasteiger partial charge >= 0.3 is 5.97 Å². The molecule has 0 unspecified atom stereocenters. The number of aliphatic hydroxyl groups is 1. The summed E-state index contributed by atoms with van der Waals surface area (Å²) in [6.45, 7) is 3.47. The second kappa shape index (κ2) is 14.5. The molecule has 0 aliphatic rings. The number of alkyl halides is 2. The maximum atomic E-state index is 9.82. The molecule has 82 valence electrons. The number of halogens is 2. The van der Waals surface area contributed by atoms with Crippen molar-refractivity contribution in [3.63, 3.8) is 0 Å². The number of carbonyl (C=O) groups excluding carboxylic acids is 1. The number of nitrogens with one attached hydrogen (secondary N) is 1. The maximum absolute atomic E-state index is 9.82. The zero-order valence-electron chi connectivity index (χ0n) is 7.51. The topological polar surface area (TPSA) is 90.1 Å². The molecule has 0 aliphatic heterocycles. The summed E-state index contributed by atoms with van der Waals surface area (Å²) in [4.78, 5) is 9.16. The molecular formula is C6H15Cl2NO4. The Hall–Kier alpha value is -0.0700. The van der Waals surface area contributed by atoms with E-state index in [4.69, 9.17) is 28.3 Å². The molecular weight excluding hydrogens is 221 g/mol. The van der Waals surface area contributed by atoms with Crippen molar-refractivity contribution in [1.82, 2.24) is 5.32 Å². The van der Waals surface area contributed by atoms with E-state index < -0.39 is 4.96 Å². The average molecular weight is 236 g/mol. The minimum absolute atomic E-state index is 0. The Kier molecular flexibility index (Phi) is 20.8. The van der Waals surface area contributed by atoms with Crippen LogP contribution in [0.15, 0.2) is 0 Å². The van der Waals surface area contributed by atoms with Gasteiger partial charge in [-0.3, -0.25) is 10.1 Å². The third-order valence-corrected chi connectivity index (χ3v) is 0.902. The number of hydrogen-bond acceptors (Lipinski definition) is 4. The van der Waals surface area contributed by atoms with Crippen LogP contribution in [0.4, 0.5) is 0 Å². The van der Waals surface area contributed by atoms with Crippen molar-refractivity contribution in [2.45, 2.75) is 18.8 Å². The first kappa shape index (κ1) is 18.7. The zero-order chi connectivity index (χ0) is 9.98. The molecule has 0 bridgehead atoms. The molecule has 13 heavy (non-hydrogen) atoms. The van der Waals surface area contributed by atoms with Crippen LogP contribution in [0.1, 0.15) is 13.8 Å². The molecule has 0 rings (SSSR count). The SMILES string of the molecule is CCOC(C)=O.O.OCNC(Cl)Cl. The third-order valence-electron chi connectivity index (χ3n) is 0.593. The second-order valence-corrected chi connectivity index (χ2v) is 2.68. The summed E-state index contributed by atoms with van der Waals surface area (Å²) in [5.41, 5.74) is 0. The first-order valence-corrected chi connectivity index (χ1v) is 4.17. The summed E-state index contributed by atoms with van der Waals surface area (Å²) >= 11 is 10.1. The summed E-state index contributed by atoms with van der Waals surface area (Å²) in [6, 6.07) is 0. The molecule has 7 heteroatoms. The summed E-state index contributed by atoms with van der Waals surface area (Å²) in [7, 11) is 0. The first-order chi connectivity index (χ1) is 5.54. The molecule has 0 amide bonds. The normalized spacial score (nSPS) is 8.15. The smallest absolute Gasteiger partial charge is 0.302 e. The molecule has 4 N–H and O–H groups in total. The lowest BCUT2D eigenvalue weighted by Crippen LogP contribution is -2.18. The van der Waals surface area contributed by atoms with Gasteiger partial charge in [-0.25, -0.2) is 0 Å². The molecule has 0 heterocycles. The molecule has 5 nitrogen and oxygen atoms in total. The first-order valence-electron chi connectivity index (χ1n) is 3.30. The van der Waals surface area contributed by atoms with Crippen molar-refractivity contribution in [2.75, 3.05) is 13.3 Å². The lowest BCUT2D eigenvalue weighted by Gasteiger charge is -1.95. The number of carbonyl (C=O) groups is 1. The van der Waals surface area contributed by atoms with E-state index in [0.717, 1.165) is 0 Å². The van der Waals surface area contributed by atoms with Gasteiger partial charge in [-0.15, -0.1) is 0 Å². The van der Waals surface area contributed by atoms with E-state index in [1.54, 1.807) is 6.92 Å². The number of esters is 1. The minimum Gasteiger partial charge on any atom is -0.466 e. The Labute approximate surface area is 87.3 Å². The van der Waals surface area contributed by atoms with Gasteiger partial charge in [0.1, 0.15) is 0 Å². The molecule has 0 radical (unpaired) electrons. The third kappa shape index (κ3) is 33.5. The van der Waals surface area contributed by atoms with E-state index >= 15 is 0 Å². The fraction of sp³-hybridized carbons (Fsp3) is 0.833. The Morgan fingerprint density at radius 2 is 2.08 bits per heavy atom. The largest absolute Gasteiger partial charge is 0.466 e. The zero-order valence-corrected chi connectivity index (χ0v) is 9.02. The summed E-state index contributed by atoms with van der Waals surface area (Å²) in [5, 5.41) is 10.3. The summed E-state index contributed by atoms with van der Waals surface area (Å²) < 4.78 is 4.40. The number of aliphatic hydroxyl groups excluding tert-OH is 1. The quantitative estimate of drug-likeness (QED) is 0.313. The van der Waals surface area contributed by atoms with Gasteiger partial charge in [0.25, 0.3) is 0 Å². The Morgan fingerprint density at radius 1 is 1.62 bits per heavy atom. The van der Waals surface area contributed by atoms with Crippen LogP contribution >= 0.6 is 23.2 Å². The monoisotopic (exact) mass is 235 g/mol. The summed E-state index contributed by atoms with van der Waals surface area (Å²) in [5.74, 6) is -0.211. The standard InChI is InChI=1S/C4H8O2.C2H5Cl2NO.H2O/c1-3-6-4(2)5;3-2(4)5-1-6;/h3H2,1-2H3;2,5-6H,1H2;1H2. The number of rotatable bonds is 3. The number of hydrogen-bond donors (Lipinski definition) is 2. The van der Waals surface area contributed by atoms with Crippen molar-refractivity contribution in [3.8, 4) is 0 Å². The highest BCUT2D eigenvalue weighted by Crippen LogP contribution is 1.92. The van der Waals surface area contributed by atoms with Crippen molar-refractivity contribution < 1.29 is 20.1 Å². The van der Waals surface area contributed by atoms with Gasteiger partial charge in [-0.05, 0) is 6.92 Å². The van der Waals surface area contributed by atoms with Crippen LogP contribution in [0, 0.1) is 0 Å². The van der Waals surface area contributed by atoms with Gasteiger partial charge in [-0.2, -0.15) is 0 Å². The predicted molar refractivity (Wildman–Crippen MR) is 51.6 cm³/mol. The van der Waals surface area contributed by atoms with Crippen LogP contribution in [0.3, 0.4) is 0 Å². The van der Waals surface area contributed by atoms with Gasteiger partial charge in [0.15, 0.2) is 4.96 Å². The van der Waals surface area contributed by atoms with Crippen LogP contribution in [0.25, 0.3) is 0 Å². The van der Waals surface area contributed by atoms with Crippen LogP contribution in [0.2, 0.25) is 0 Å². The summed E-state index contributed by atoms with van der Waals surface area (Å²) in [6.07, 6.45) is 0. The van der Waals surface area contributed by atoms with E-state index in [1.807, 2.05) is 0 Å². The molecule has 0 aromatic carbocycles. The van der Waals surface area contributed by atoms with E-state index in [2.05, 4.69) is 10.1 Å². The van der Waals surface area contributed by atoms with E-state index in [-0.39, 0.29) is 18.2 Å². The highest BCUT2D eigenvalue weighted by Gasteiger charge is 1.89. The Morgan fingerprint density at radius 3 is 2.08 bits per heavy atom. The van der Waals surface area contributed by atoms with Gasteiger partial charge in [0.05, 0.1) is 13.3 Å². The average Bonchev–Trinajstić information content (AvgIpc) is 1.87. The van der Waals surface area contributed by atoms with Crippen LogP contribution in [0.5, 0.6) is 0 Å². The van der Waals surface area contributed by atoms with Gasteiger partial charge < -0.3 is 15.3 Å². The lowest BCUT2D eigenvalue weighted by molar-refractivity contribution is -0.140. The molecule has 0 saturated heterocycles. The molecule has 0 aromatic heterocycles. The Bertz CT molecular complexity index is 113. The van der Waals surface area contributed by atoms with Gasteiger partial charge in [0, 0.05) is 6.92 Å². The highest BCUT2D eigenvalue weighted by molar-refractivity contribution is 6.43. The second-order valence-electron chi connectivity index (χ2n) is 1.59. The maximum Gasteiger partial charge on any atom is 0.302 e. The van der Waals surface area contributed by atoms with Crippen LogP contribution in [-0.4, -0.2) is 34.8 Å². The lowest BCUT2D eigenvalue weighted by atomic mass is 10.8. The van der Waals surface area contributed by atoms with E-state index in [0.29, 0.717) is 6.61 Å². The molecule has 0 aliphatic carbocycles. The fourth-order valence-corrected chi connectivity index (χ4v) is 0.410. The molecule has 0 spiro atoms. The predicted octanol–water partition coefficient (Wildman–Crippen LogP) is 0.0317. The molecule has 0 saturated carbocycles. The molecule has 0 atom stereocenters. The van der Waals surface area contributed by atoms with Crippen LogP contribution < -0.4 is 5.32 Å². The highest BCUT2D eigenvalue weighted by atomic mass is 35.5. The molecule has 0 fully saturated rings.